The first kappa shape index (κ1) is 19.8. The molecule has 6 heteroatoms. The van der Waals surface area contributed by atoms with E-state index < -0.39 is 14.6 Å². The minimum absolute atomic E-state index is 0.0853. The summed E-state index contributed by atoms with van der Waals surface area (Å²) in [6.45, 7) is 12.9. The summed E-state index contributed by atoms with van der Waals surface area (Å²) in [5.74, 6) is 0.607. The van der Waals surface area contributed by atoms with Crippen LogP contribution in [0, 0.1) is 11.8 Å². The summed E-state index contributed by atoms with van der Waals surface area (Å²) in [5.41, 5.74) is 0. The van der Waals surface area contributed by atoms with Crippen molar-refractivity contribution in [3.63, 3.8) is 0 Å². The number of aliphatic hydroxyl groups excluding tert-OH is 1. The van der Waals surface area contributed by atoms with Crippen LogP contribution in [0.3, 0.4) is 0 Å². The van der Waals surface area contributed by atoms with E-state index >= 15 is 0 Å². The third kappa shape index (κ3) is 4.47. The lowest BCUT2D eigenvalue weighted by Gasteiger charge is -2.38. The van der Waals surface area contributed by atoms with Gasteiger partial charge in [-0.05, 0) is 43.3 Å². The molecule has 1 aliphatic carbocycles. The van der Waals surface area contributed by atoms with Gasteiger partial charge in [-0.1, -0.05) is 20.8 Å². The molecule has 0 spiro atoms. The Hall–Kier alpha value is 0.0169. The Morgan fingerprint density at radius 2 is 1.92 bits per heavy atom. The average Bonchev–Trinajstić information content (AvgIpc) is 3.01. The van der Waals surface area contributed by atoms with E-state index in [-0.39, 0.29) is 29.5 Å². The lowest BCUT2D eigenvalue weighted by molar-refractivity contribution is -0.201. The maximum atomic E-state index is 9.90. The van der Waals surface area contributed by atoms with Crippen LogP contribution in [0.15, 0.2) is 0 Å². The first-order valence-corrected chi connectivity index (χ1v) is 12.8. The Bertz CT molecular complexity index is 444. The molecule has 0 aromatic heterocycles. The van der Waals surface area contributed by atoms with E-state index in [9.17, 15) is 5.11 Å². The number of rotatable bonds is 5. The van der Waals surface area contributed by atoms with Gasteiger partial charge in [0.1, 0.15) is 0 Å². The van der Waals surface area contributed by atoms with Crippen molar-refractivity contribution < 1.29 is 23.7 Å². The molecule has 6 atom stereocenters. The normalized spacial score (nSPS) is 39.6. The quantitative estimate of drug-likeness (QED) is 0.746. The summed E-state index contributed by atoms with van der Waals surface area (Å²) in [6.07, 6.45) is 4.30. The zero-order valence-corrected chi connectivity index (χ0v) is 17.5. The number of ether oxygens (including phenoxy) is 3. The zero-order chi connectivity index (χ0) is 18.2. The molecule has 3 unspecified atom stereocenters. The highest BCUT2D eigenvalue weighted by molar-refractivity contribution is 6.74. The fourth-order valence-corrected chi connectivity index (χ4v) is 5.07. The molecule has 0 aromatic rings. The zero-order valence-electron chi connectivity index (χ0n) is 16.5. The Kier molecular flexibility index (Phi) is 5.98. The van der Waals surface area contributed by atoms with Gasteiger partial charge in [0.05, 0.1) is 12.2 Å². The van der Waals surface area contributed by atoms with Crippen LogP contribution < -0.4 is 0 Å². The number of aliphatic hydroxyl groups is 1. The van der Waals surface area contributed by atoms with Gasteiger partial charge < -0.3 is 23.7 Å². The molecule has 3 rings (SSSR count). The second kappa shape index (κ2) is 7.56. The highest BCUT2D eigenvalue weighted by Gasteiger charge is 2.51. The van der Waals surface area contributed by atoms with Crippen LogP contribution in [0.4, 0.5) is 0 Å². The van der Waals surface area contributed by atoms with Gasteiger partial charge in [-0.3, -0.25) is 0 Å². The maximum Gasteiger partial charge on any atom is 0.191 e. The van der Waals surface area contributed by atoms with Gasteiger partial charge in [0.25, 0.3) is 0 Å². The largest absolute Gasteiger partial charge is 0.416 e. The molecule has 0 radical (unpaired) electrons. The smallest absolute Gasteiger partial charge is 0.191 e. The predicted molar refractivity (Wildman–Crippen MR) is 98.7 cm³/mol. The van der Waals surface area contributed by atoms with E-state index in [1.165, 1.54) is 6.42 Å². The fourth-order valence-electron chi connectivity index (χ4n) is 4.03. The van der Waals surface area contributed by atoms with Crippen LogP contribution in [0.1, 0.15) is 52.9 Å². The fraction of sp³-hybridized carbons (Fsp3) is 1.00. The number of hydrogen-bond acceptors (Lipinski definition) is 5. The maximum absolute atomic E-state index is 9.90. The van der Waals surface area contributed by atoms with E-state index in [0.717, 1.165) is 25.9 Å². The van der Waals surface area contributed by atoms with Crippen molar-refractivity contribution in [3.05, 3.63) is 0 Å². The van der Waals surface area contributed by atoms with Crippen molar-refractivity contribution in [1.29, 1.82) is 0 Å². The summed E-state index contributed by atoms with van der Waals surface area (Å²) in [7, 11) is -1.81. The van der Waals surface area contributed by atoms with Gasteiger partial charge in [-0.15, -0.1) is 0 Å². The topological polar surface area (TPSA) is 57.2 Å². The summed E-state index contributed by atoms with van der Waals surface area (Å²) >= 11 is 0. The Morgan fingerprint density at radius 3 is 2.56 bits per heavy atom. The summed E-state index contributed by atoms with van der Waals surface area (Å²) in [6, 6.07) is 0. The second-order valence-corrected chi connectivity index (χ2v) is 14.3. The highest BCUT2D eigenvalue weighted by atomic mass is 28.4. The molecule has 146 valence electrons. The summed E-state index contributed by atoms with van der Waals surface area (Å²) in [4.78, 5) is 0. The van der Waals surface area contributed by atoms with Crippen molar-refractivity contribution in [2.45, 2.75) is 95.8 Å². The highest BCUT2D eigenvalue weighted by Crippen LogP contribution is 2.46. The molecule has 2 saturated heterocycles. The molecule has 1 N–H and O–H groups in total. The molecule has 0 amide bonds. The lowest BCUT2D eigenvalue weighted by atomic mass is 9.93. The van der Waals surface area contributed by atoms with Crippen molar-refractivity contribution in [1.82, 2.24) is 0 Å². The molecule has 1 saturated carbocycles. The van der Waals surface area contributed by atoms with E-state index in [1.54, 1.807) is 0 Å². The molecule has 0 bridgehead atoms. The van der Waals surface area contributed by atoms with Crippen molar-refractivity contribution >= 4 is 8.32 Å². The minimum Gasteiger partial charge on any atom is -0.416 e. The third-order valence-corrected chi connectivity index (χ3v) is 11.2. The molecule has 5 nitrogen and oxygen atoms in total. The SMILES string of the molecule is CC(C)(C)[Si](C)(C)OC[C@H]1C(OC2CCCCO2)C[C@@H]2OC(O)C[C@@H]21. The van der Waals surface area contributed by atoms with Crippen molar-refractivity contribution in [2.24, 2.45) is 11.8 Å². The van der Waals surface area contributed by atoms with Gasteiger partial charge >= 0.3 is 0 Å². The molecule has 3 aliphatic rings. The van der Waals surface area contributed by atoms with E-state index in [1.807, 2.05) is 0 Å². The van der Waals surface area contributed by atoms with Crippen LogP contribution in [0.2, 0.25) is 18.1 Å². The molecule has 2 aliphatic heterocycles. The number of hydrogen-bond donors (Lipinski definition) is 1. The molecule has 3 fully saturated rings. The van der Waals surface area contributed by atoms with Crippen LogP contribution in [-0.4, -0.2) is 51.4 Å². The molecular formula is C19H36O5Si. The van der Waals surface area contributed by atoms with Gasteiger partial charge in [0, 0.05) is 32.0 Å². The Morgan fingerprint density at radius 1 is 1.16 bits per heavy atom. The van der Waals surface area contributed by atoms with Gasteiger partial charge in [-0.25, -0.2) is 0 Å². The predicted octanol–water partition coefficient (Wildman–Crippen LogP) is 3.66. The van der Waals surface area contributed by atoms with Crippen LogP contribution in [0.5, 0.6) is 0 Å². The van der Waals surface area contributed by atoms with Gasteiger partial charge in [-0.2, -0.15) is 0 Å². The standard InChI is InChI=1S/C19H36O5Si/c1-19(2,3)25(4,5)22-12-14-13-10-17(20)23-15(13)11-16(14)24-18-8-6-7-9-21-18/h13-18,20H,6-12H2,1-5H3/t13-,14-,15+,16?,17?,18?/m1/s1. The van der Waals surface area contributed by atoms with E-state index in [2.05, 4.69) is 33.9 Å². The summed E-state index contributed by atoms with van der Waals surface area (Å²) in [5, 5.41) is 10.1. The Labute approximate surface area is 153 Å². The van der Waals surface area contributed by atoms with Crippen LogP contribution in [0.25, 0.3) is 0 Å². The third-order valence-electron chi connectivity index (χ3n) is 6.68. The second-order valence-electron chi connectivity index (χ2n) is 9.47. The first-order chi connectivity index (χ1) is 11.7. The summed E-state index contributed by atoms with van der Waals surface area (Å²) < 4.78 is 24.4. The molecular weight excluding hydrogens is 336 g/mol. The van der Waals surface area contributed by atoms with E-state index in [0.29, 0.717) is 18.9 Å². The molecule has 25 heavy (non-hydrogen) atoms. The lowest BCUT2D eigenvalue weighted by Crippen LogP contribution is -2.44. The number of fused-ring (bicyclic) bond motifs is 1. The van der Waals surface area contributed by atoms with E-state index in [4.69, 9.17) is 18.6 Å². The minimum atomic E-state index is -1.81. The van der Waals surface area contributed by atoms with Gasteiger partial charge in [0.15, 0.2) is 20.9 Å². The monoisotopic (exact) mass is 372 g/mol. The van der Waals surface area contributed by atoms with Crippen molar-refractivity contribution in [2.75, 3.05) is 13.2 Å². The van der Waals surface area contributed by atoms with Crippen molar-refractivity contribution in [3.8, 4) is 0 Å². The van der Waals surface area contributed by atoms with Crippen LogP contribution in [-0.2, 0) is 18.6 Å². The van der Waals surface area contributed by atoms with Crippen LogP contribution >= 0.6 is 0 Å². The molecule has 2 heterocycles. The first-order valence-electron chi connectivity index (χ1n) is 9.92. The Balaban J connectivity index is 1.65. The average molecular weight is 373 g/mol. The molecule has 0 aromatic carbocycles. The van der Waals surface area contributed by atoms with Gasteiger partial charge in [0.2, 0.25) is 0 Å².